The van der Waals surface area contributed by atoms with Crippen LogP contribution >= 0.6 is 0 Å². The van der Waals surface area contributed by atoms with E-state index < -0.39 is 26.2 Å². The first-order valence-corrected chi connectivity index (χ1v) is 12.2. The van der Waals surface area contributed by atoms with Crippen molar-refractivity contribution in [1.82, 2.24) is 0 Å². The van der Waals surface area contributed by atoms with E-state index in [1.807, 2.05) is 42.5 Å². The molecule has 0 saturated carbocycles. The molecule has 0 radical (unpaired) electrons. The van der Waals surface area contributed by atoms with E-state index in [-0.39, 0.29) is 11.5 Å². The third-order valence-electron chi connectivity index (χ3n) is 5.32. The second-order valence-electron chi connectivity index (χ2n) is 8.28. The van der Waals surface area contributed by atoms with E-state index in [9.17, 15) is 9.59 Å². The molecule has 6 heteroatoms. The summed E-state index contributed by atoms with van der Waals surface area (Å²) in [6, 6.07) is 20.7. The van der Waals surface area contributed by atoms with Crippen molar-refractivity contribution < 1.29 is 23.5 Å². The maximum absolute atomic E-state index is 11.9. The van der Waals surface area contributed by atoms with Crippen LogP contribution in [0.2, 0.25) is 5.04 Å². The first-order valence-electron chi connectivity index (χ1n) is 10.3. The van der Waals surface area contributed by atoms with Crippen LogP contribution in [0.25, 0.3) is 0 Å². The topological polar surface area (TPSA) is 61.8 Å². The Hall–Kier alpha value is -2.70. The van der Waals surface area contributed by atoms with E-state index in [0.29, 0.717) is 6.61 Å². The molecule has 0 fully saturated rings. The summed E-state index contributed by atoms with van der Waals surface area (Å²) in [5.41, 5.74) is 0. The minimum atomic E-state index is -2.62. The minimum absolute atomic E-state index is 0.121. The van der Waals surface area contributed by atoms with E-state index in [1.54, 1.807) is 6.08 Å². The van der Waals surface area contributed by atoms with Gasteiger partial charge < -0.3 is 13.9 Å². The van der Waals surface area contributed by atoms with Crippen LogP contribution in [0, 0.1) is 5.92 Å². The summed E-state index contributed by atoms with van der Waals surface area (Å²) >= 11 is 0. The van der Waals surface area contributed by atoms with Crippen LogP contribution in [-0.2, 0) is 23.5 Å². The van der Waals surface area contributed by atoms with Crippen LogP contribution in [0.3, 0.4) is 0 Å². The predicted molar refractivity (Wildman–Crippen MR) is 125 cm³/mol. The fraction of sp³-hybridized carbons (Fsp3) is 0.360. The van der Waals surface area contributed by atoms with Crippen molar-refractivity contribution in [2.45, 2.75) is 32.2 Å². The van der Waals surface area contributed by atoms with Gasteiger partial charge in [-0.2, -0.15) is 0 Å². The third-order valence-corrected chi connectivity index (χ3v) is 10.3. The molecule has 2 aromatic rings. The van der Waals surface area contributed by atoms with E-state index >= 15 is 0 Å². The number of hydrogen-bond donors (Lipinski definition) is 0. The largest absolute Gasteiger partial charge is 0.468 e. The Morgan fingerprint density at radius 2 is 1.29 bits per heavy atom. The molecule has 5 nitrogen and oxygen atoms in total. The molecule has 0 unspecified atom stereocenters. The first-order chi connectivity index (χ1) is 14.8. The average Bonchev–Trinajstić information content (AvgIpc) is 2.78. The number of methoxy groups -OCH3 is 2. The van der Waals surface area contributed by atoms with Gasteiger partial charge >= 0.3 is 11.9 Å². The Kier molecular flexibility index (Phi) is 8.77. The van der Waals surface area contributed by atoms with Gasteiger partial charge in [-0.3, -0.25) is 9.59 Å². The average molecular weight is 441 g/mol. The number of benzene rings is 2. The quantitative estimate of drug-likeness (QED) is 0.259. The number of carbonyl (C=O) groups excluding carboxylic acids is 2. The molecule has 0 aliphatic heterocycles. The van der Waals surface area contributed by atoms with Crippen LogP contribution in [-0.4, -0.2) is 41.1 Å². The zero-order chi connectivity index (χ0) is 22.9. The molecule has 0 atom stereocenters. The lowest BCUT2D eigenvalue weighted by atomic mass is 10.1. The molecule has 2 rings (SSSR count). The minimum Gasteiger partial charge on any atom is -0.468 e. The zero-order valence-corrected chi connectivity index (χ0v) is 20.0. The van der Waals surface area contributed by atoms with E-state index in [2.05, 4.69) is 45.0 Å². The monoisotopic (exact) mass is 440 g/mol. The van der Waals surface area contributed by atoms with Gasteiger partial charge in [0.05, 0.1) is 20.8 Å². The Morgan fingerprint density at radius 3 is 1.68 bits per heavy atom. The van der Waals surface area contributed by atoms with Gasteiger partial charge in [-0.25, -0.2) is 0 Å². The molecule has 0 aliphatic carbocycles. The van der Waals surface area contributed by atoms with Crippen molar-refractivity contribution >= 4 is 30.6 Å². The van der Waals surface area contributed by atoms with Gasteiger partial charge in [0.2, 0.25) is 0 Å². The Morgan fingerprint density at radius 1 is 0.839 bits per heavy atom. The van der Waals surface area contributed by atoms with Crippen LogP contribution in [0.1, 0.15) is 27.2 Å². The Bertz CT molecular complexity index is 816. The fourth-order valence-electron chi connectivity index (χ4n) is 3.81. The van der Waals surface area contributed by atoms with E-state index in [1.165, 1.54) is 24.6 Å². The highest BCUT2D eigenvalue weighted by Crippen LogP contribution is 2.36. The summed E-state index contributed by atoms with van der Waals surface area (Å²) in [5, 5.41) is 2.28. The number of carbonyl (C=O) groups is 2. The molecule has 166 valence electrons. The summed E-state index contributed by atoms with van der Waals surface area (Å²) in [6.07, 6.45) is 3.83. The number of ether oxygens (including phenoxy) is 2. The Labute approximate surface area is 186 Å². The van der Waals surface area contributed by atoms with Gasteiger partial charge in [0.25, 0.3) is 8.32 Å². The molecule has 0 aromatic heterocycles. The molecular weight excluding hydrogens is 408 g/mol. The standard InChI is InChI=1S/C25H32O5Si/c1-25(2,3)31(20-14-8-6-9-15-20,21-16-10-7-11-17-21)30-19-13-12-18-22(23(26)28-4)24(27)29-5/h6-17,22H,18-19H2,1-5H3/b13-12+. The van der Waals surface area contributed by atoms with Crippen LogP contribution in [0.5, 0.6) is 0 Å². The van der Waals surface area contributed by atoms with Crippen molar-refractivity contribution in [3.63, 3.8) is 0 Å². The Balaban J connectivity index is 2.30. The van der Waals surface area contributed by atoms with Gasteiger partial charge in [0.1, 0.15) is 0 Å². The SMILES string of the molecule is COC(=O)C(C/C=C/CO[Si](c1ccccc1)(c1ccccc1)C(C)(C)C)C(=O)OC. The maximum Gasteiger partial charge on any atom is 0.320 e. The number of esters is 2. The van der Waals surface area contributed by atoms with Crippen molar-refractivity contribution in [3.8, 4) is 0 Å². The van der Waals surface area contributed by atoms with E-state index in [0.717, 1.165) is 0 Å². The highest BCUT2D eigenvalue weighted by atomic mass is 28.4. The summed E-state index contributed by atoms with van der Waals surface area (Å²) in [4.78, 5) is 23.7. The van der Waals surface area contributed by atoms with Crippen LogP contribution in [0.15, 0.2) is 72.8 Å². The van der Waals surface area contributed by atoms with Gasteiger partial charge in [-0.15, -0.1) is 0 Å². The number of rotatable bonds is 9. The van der Waals surface area contributed by atoms with Crippen molar-refractivity contribution in [2.75, 3.05) is 20.8 Å². The highest BCUT2D eigenvalue weighted by molar-refractivity contribution is 6.99. The molecule has 0 saturated heterocycles. The molecule has 0 spiro atoms. The summed E-state index contributed by atoms with van der Waals surface area (Å²) in [7, 11) is -0.102. The maximum atomic E-state index is 11.9. The third kappa shape index (κ3) is 5.71. The molecule has 0 bridgehead atoms. The molecular formula is C25H32O5Si. The number of allylic oxidation sites excluding steroid dienone is 1. The van der Waals surface area contributed by atoms with Gasteiger partial charge in [-0.1, -0.05) is 93.6 Å². The van der Waals surface area contributed by atoms with Gasteiger partial charge in [0.15, 0.2) is 5.92 Å². The fourth-order valence-corrected chi connectivity index (χ4v) is 8.31. The molecule has 0 amide bonds. The zero-order valence-electron chi connectivity index (χ0n) is 19.0. The second-order valence-corrected chi connectivity index (χ2v) is 12.6. The van der Waals surface area contributed by atoms with Crippen molar-refractivity contribution in [3.05, 3.63) is 72.8 Å². The van der Waals surface area contributed by atoms with Gasteiger partial charge in [0, 0.05) is 0 Å². The second kappa shape index (κ2) is 11.1. The summed E-state index contributed by atoms with van der Waals surface area (Å²) < 4.78 is 16.2. The summed E-state index contributed by atoms with van der Waals surface area (Å²) in [5.74, 6) is -2.19. The predicted octanol–water partition coefficient (Wildman–Crippen LogP) is 3.47. The molecule has 2 aromatic carbocycles. The molecule has 0 N–H and O–H groups in total. The molecule has 31 heavy (non-hydrogen) atoms. The lowest BCUT2D eigenvalue weighted by Crippen LogP contribution is -2.66. The lowest BCUT2D eigenvalue weighted by molar-refractivity contribution is -0.158. The van der Waals surface area contributed by atoms with Crippen LogP contribution < -0.4 is 10.4 Å². The summed E-state index contributed by atoms with van der Waals surface area (Å²) in [6.45, 7) is 7.01. The first kappa shape index (κ1) is 24.6. The smallest absolute Gasteiger partial charge is 0.320 e. The van der Waals surface area contributed by atoms with Gasteiger partial charge in [-0.05, 0) is 21.8 Å². The molecule has 0 heterocycles. The van der Waals surface area contributed by atoms with Crippen molar-refractivity contribution in [1.29, 1.82) is 0 Å². The number of hydrogen-bond acceptors (Lipinski definition) is 5. The van der Waals surface area contributed by atoms with E-state index in [4.69, 9.17) is 13.9 Å². The normalized spacial score (nSPS) is 12.2. The molecule has 0 aliphatic rings. The lowest BCUT2D eigenvalue weighted by Gasteiger charge is -2.42. The van der Waals surface area contributed by atoms with Crippen LogP contribution in [0.4, 0.5) is 0 Å². The highest BCUT2D eigenvalue weighted by Gasteiger charge is 2.49. The van der Waals surface area contributed by atoms with Crippen molar-refractivity contribution in [2.24, 2.45) is 5.92 Å².